The van der Waals surface area contributed by atoms with Crippen LogP contribution in [0, 0.1) is 10.1 Å². The van der Waals surface area contributed by atoms with E-state index in [4.69, 9.17) is 4.42 Å². The molecule has 0 radical (unpaired) electrons. The molecule has 8 nitrogen and oxygen atoms in total. The van der Waals surface area contributed by atoms with E-state index in [2.05, 4.69) is 19.7 Å². The van der Waals surface area contributed by atoms with Crippen molar-refractivity contribution in [3.63, 3.8) is 0 Å². The van der Waals surface area contributed by atoms with E-state index in [0.717, 1.165) is 35.5 Å². The number of hydrogen-bond donors (Lipinski definition) is 0. The molecule has 140 valence electrons. The van der Waals surface area contributed by atoms with Crippen molar-refractivity contribution in [2.75, 3.05) is 18.0 Å². The average Bonchev–Trinajstić information content (AvgIpc) is 3.43. The van der Waals surface area contributed by atoms with E-state index in [-0.39, 0.29) is 10.6 Å². The fraction of sp³-hybridized carbons (Fsp3) is 0.333. The second-order valence-electron chi connectivity index (χ2n) is 6.35. The lowest BCUT2D eigenvalue weighted by Gasteiger charge is -2.17. The Morgan fingerprint density at radius 1 is 1.15 bits per heavy atom. The van der Waals surface area contributed by atoms with Crippen molar-refractivity contribution in [1.82, 2.24) is 14.8 Å². The molecule has 0 saturated carbocycles. The van der Waals surface area contributed by atoms with Crippen LogP contribution in [0.1, 0.15) is 24.2 Å². The molecule has 4 rings (SSSR count). The molecule has 3 heterocycles. The second-order valence-corrected chi connectivity index (χ2v) is 7.30. The highest BCUT2D eigenvalue weighted by molar-refractivity contribution is 7.98. The van der Waals surface area contributed by atoms with E-state index in [1.807, 2.05) is 12.1 Å². The number of nitrogens with zero attached hydrogens (tertiary/aromatic N) is 5. The first-order valence-corrected chi connectivity index (χ1v) is 9.76. The Morgan fingerprint density at radius 2 is 1.93 bits per heavy atom. The van der Waals surface area contributed by atoms with Gasteiger partial charge in [-0.15, -0.1) is 10.2 Å². The van der Waals surface area contributed by atoms with Crippen LogP contribution in [0.3, 0.4) is 0 Å². The van der Waals surface area contributed by atoms with Gasteiger partial charge in [0.2, 0.25) is 5.95 Å². The van der Waals surface area contributed by atoms with Crippen LogP contribution in [0.4, 0.5) is 11.6 Å². The SMILES string of the molecule is O=[N+]([O-])c1ccc(CSc2nnc(N3CCCC3)n2Cc2ccco2)cc1. The summed E-state index contributed by atoms with van der Waals surface area (Å²) in [6.45, 7) is 2.56. The number of rotatable bonds is 7. The smallest absolute Gasteiger partial charge is 0.269 e. The molecular weight excluding hydrogens is 366 g/mol. The van der Waals surface area contributed by atoms with E-state index < -0.39 is 0 Å². The van der Waals surface area contributed by atoms with Gasteiger partial charge in [-0.3, -0.25) is 14.7 Å². The summed E-state index contributed by atoms with van der Waals surface area (Å²) in [5, 5.41) is 20.4. The third-order valence-corrected chi connectivity index (χ3v) is 5.53. The van der Waals surface area contributed by atoms with Crippen LogP contribution in [0.5, 0.6) is 0 Å². The van der Waals surface area contributed by atoms with Gasteiger partial charge in [0.15, 0.2) is 5.16 Å². The van der Waals surface area contributed by atoms with E-state index in [9.17, 15) is 10.1 Å². The van der Waals surface area contributed by atoms with Crippen LogP contribution in [0.25, 0.3) is 0 Å². The number of nitro benzene ring substituents is 1. The summed E-state index contributed by atoms with van der Waals surface area (Å²) in [4.78, 5) is 12.6. The third-order valence-electron chi connectivity index (χ3n) is 4.50. The number of hydrogen-bond acceptors (Lipinski definition) is 7. The highest BCUT2D eigenvalue weighted by Gasteiger charge is 2.22. The molecule has 9 heteroatoms. The number of non-ortho nitro benzene ring substituents is 1. The lowest BCUT2D eigenvalue weighted by molar-refractivity contribution is -0.384. The zero-order chi connectivity index (χ0) is 18.6. The summed E-state index contributed by atoms with van der Waals surface area (Å²) >= 11 is 1.57. The first-order valence-electron chi connectivity index (χ1n) is 8.77. The standard InChI is InChI=1S/C18H19N5O3S/c24-23(25)15-7-5-14(6-8-15)13-27-18-20-19-17(21-9-1-2-10-21)22(18)12-16-4-3-11-26-16/h3-8,11H,1-2,9-10,12-13H2. The van der Waals surface area contributed by atoms with Gasteiger partial charge < -0.3 is 9.32 Å². The van der Waals surface area contributed by atoms with Crippen LogP contribution in [0.2, 0.25) is 0 Å². The fourth-order valence-corrected chi connectivity index (χ4v) is 3.99. The van der Waals surface area contributed by atoms with Crippen molar-refractivity contribution in [1.29, 1.82) is 0 Å². The van der Waals surface area contributed by atoms with Crippen molar-refractivity contribution in [2.45, 2.75) is 30.3 Å². The molecule has 1 aliphatic rings. The van der Waals surface area contributed by atoms with Crippen molar-refractivity contribution < 1.29 is 9.34 Å². The average molecular weight is 385 g/mol. The predicted octanol–water partition coefficient (Wildman–Crippen LogP) is 3.72. The van der Waals surface area contributed by atoms with Crippen LogP contribution >= 0.6 is 11.8 Å². The Labute approximate surface area is 160 Å². The van der Waals surface area contributed by atoms with Gasteiger partial charge in [-0.25, -0.2) is 0 Å². The van der Waals surface area contributed by atoms with Crippen molar-refractivity contribution in [3.8, 4) is 0 Å². The second kappa shape index (κ2) is 7.83. The van der Waals surface area contributed by atoms with Crippen molar-refractivity contribution in [3.05, 3.63) is 64.1 Å². The highest BCUT2D eigenvalue weighted by atomic mass is 32.2. The summed E-state index contributed by atoms with van der Waals surface area (Å²) in [6, 6.07) is 10.4. The van der Waals surface area contributed by atoms with E-state index in [1.54, 1.807) is 30.2 Å². The topological polar surface area (TPSA) is 90.2 Å². The van der Waals surface area contributed by atoms with Crippen LogP contribution < -0.4 is 4.90 Å². The van der Waals surface area contributed by atoms with Crippen LogP contribution in [0.15, 0.2) is 52.2 Å². The number of anilines is 1. The van der Waals surface area contributed by atoms with Gasteiger partial charge in [0.25, 0.3) is 5.69 Å². The summed E-state index contributed by atoms with van der Waals surface area (Å²) < 4.78 is 7.59. The molecule has 0 N–H and O–H groups in total. The predicted molar refractivity (Wildman–Crippen MR) is 102 cm³/mol. The van der Waals surface area contributed by atoms with Gasteiger partial charge >= 0.3 is 0 Å². The zero-order valence-corrected chi connectivity index (χ0v) is 15.5. The van der Waals surface area contributed by atoms with Crippen molar-refractivity contribution >= 4 is 23.4 Å². The van der Waals surface area contributed by atoms with E-state index in [1.165, 1.54) is 25.0 Å². The van der Waals surface area contributed by atoms with Gasteiger partial charge in [-0.1, -0.05) is 23.9 Å². The first kappa shape index (κ1) is 17.6. The summed E-state index contributed by atoms with van der Waals surface area (Å²) in [5.74, 6) is 2.39. The zero-order valence-electron chi connectivity index (χ0n) is 14.7. The largest absolute Gasteiger partial charge is 0.467 e. The molecule has 1 aliphatic heterocycles. The fourth-order valence-electron chi connectivity index (χ4n) is 3.10. The molecule has 0 bridgehead atoms. The normalized spacial score (nSPS) is 14.0. The molecule has 3 aromatic rings. The first-order chi connectivity index (χ1) is 13.2. The molecule has 2 aromatic heterocycles. The summed E-state index contributed by atoms with van der Waals surface area (Å²) in [5.41, 5.74) is 1.10. The number of nitro groups is 1. The molecule has 0 spiro atoms. The maximum absolute atomic E-state index is 10.8. The number of benzene rings is 1. The van der Waals surface area contributed by atoms with E-state index >= 15 is 0 Å². The van der Waals surface area contributed by atoms with Crippen molar-refractivity contribution in [2.24, 2.45) is 0 Å². The highest BCUT2D eigenvalue weighted by Crippen LogP contribution is 2.28. The minimum absolute atomic E-state index is 0.0982. The Kier molecular flexibility index (Phi) is 5.10. The molecular formula is C18H19N5O3S. The van der Waals surface area contributed by atoms with Gasteiger partial charge in [0, 0.05) is 31.0 Å². The monoisotopic (exact) mass is 385 g/mol. The molecule has 1 saturated heterocycles. The van der Waals surface area contributed by atoms with Gasteiger partial charge in [-0.2, -0.15) is 0 Å². The molecule has 1 aromatic carbocycles. The lowest BCUT2D eigenvalue weighted by atomic mass is 10.2. The quantitative estimate of drug-likeness (QED) is 0.348. The summed E-state index contributed by atoms with van der Waals surface area (Å²) in [6.07, 6.45) is 4.00. The third kappa shape index (κ3) is 3.97. The van der Waals surface area contributed by atoms with E-state index in [0.29, 0.717) is 12.3 Å². The van der Waals surface area contributed by atoms with Crippen LogP contribution in [-0.2, 0) is 12.3 Å². The maximum atomic E-state index is 10.8. The minimum Gasteiger partial charge on any atom is -0.467 e. The van der Waals surface area contributed by atoms with Crippen LogP contribution in [-0.4, -0.2) is 32.8 Å². The number of furan rings is 1. The number of aromatic nitrogens is 3. The molecule has 1 fully saturated rings. The minimum atomic E-state index is -0.390. The summed E-state index contributed by atoms with van der Waals surface area (Å²) in [7, 11) is 0. The molecule has 0 amide bonds. The Morgan fingerprint density at radius 3 is 2.59 bits per heavy atom. The molecule has 0 aliphatic carbocycles. The Bertz CT molecular complexity index is 902. The Balaban J connectivity index is 1.53. The molecule has 0 atom stereocenters. The molecule has 27 heavy (non-hydrogen) atoms. The van der Waals surface area contributed by atoms with Gasteiger partial charge in [-0.05, 0) is 30.5 Å². The van der Waals surface area contributed by atoms with Gasteiger partial charge in [0.05, 0.1) is 17.7 Å². The lowest BCUT2D eigenvalue weighted by Crippen LogP contribution is -2.22. The molecule has 0 unspecified atom stereocenters. The Hall–Kier alpha value is -2.81. The van der Waals surface area contributed by atoms with Gasteiger partial charge in [0.1, 0.15) is 5.76 Å². The maximum Gasteiger partial charge on any atom is 0.269 e. The number of thioether (sulfide) groups is 1.